The van der Waals surface area contributed by atoms with E-state index in [1.54, 1.807) is 19.0 Å². The Bertz CT molecular complexity index is 514. The number of halogens is 2. The maximum Gasteiger partial charge on any atom is 0.236 e. The topological polar surface area (TPSA) is 35.6 Å². The number of carbonyl (C=O) groups is 1. The summed E-state index contributed by atoms with van der Waals surface area (Å²) in [6.45, 7) is 2.55. The van der Waals surface area contributed by atoms with Crippen molar-refractivity contribution in [2.24, 2.45) is 0 Å². The van der Waals surface area contributed by atoms with Gasteiger partial charge >= 0.3 is 0 Å². The predicted molar refractivity (Wildman–Crippen MR) is 81.4 cm³/mol. The summed E-state index contributed by atoms with van der Waals surface area (Å²) < 4.78 is 26.4. The number of benzene rings is 1. The molecule has 0 radical (unpaired) electrons. The quantitative estimate of drug-likeness (QED) is 0.897. The van der Waals surface area contributed by atoms with E-state index in [0.29, 0.717) is 24.7 Å². The Morgan fingerprint density at radius 2 is 2.00 bits per heavy atom. The third kappa shape index (κ3) is 4.74. The van der Waals surface area contributed by atoms with Crippen molar-refractivity contribution in [3.63, 3.8) is 0 Å². The van der Waals surface area contributed by atoms with E-state index in [4.69, 9.17) is 0 Å². The third-order valence-electron chi connectivity index (χ3n) is 4.04. The highest BCUT2D eigenvalue weighted by atomic mass is 19.1. The van der Waals surface area contributed by atoms with E-state index in [2.05, 4.69) is 10.2 Å². The van der Waals surface area contributed by atoms with Crippen LogP contribution in [0.15, 0.2) is 18.2 Å². The molecule has 0 atom stereocenters. The van der Waals surface area contributed by atoms with Gasteiger partial charge in [-0.15, -0.1) is 0 Å². The number of hydrogen-bond acceptors (Lipinski definition) is 3. The summed E-state index contributed by atoms with van der Waals surface area (Å²) in [6, 6.07) is 3.96. The lowest BCUT2D eigenvalue weighted by atomic mass is 10.0. The molecule has 1 saturated heterocycles. The number of likely N-dealkylation sites (N-methyl/N-ethyl adjacent to an activating group) is 1. The molecule has 1 N–H and O–H groups in total. The Balaban J connectivity index is 1.74. The molecule has 1 heterocycles. The van der Waals surface area contributed by atoms with Gasteiger partial charge in [0.1, 0.15) is 11.6 Å². The monoisotopic (exact) mass is 311 g/mol. The van der Waals surface area contributed by atoms with Crippen molar-refractivity contribution in [1.29, 1.82) is 0 Å². The highest BCUT2D eigenvalue weighted by Crippen LogP contribution is 2.13. The Morgan fingerprint density at radius 1 is 1.32 bits per heavy atom. The zero-order valence-corrected chi connectivity index (χ0v) is 13.1. The summed E-state index contributed by atoms with van der Waals surface area (Å²) in [5.74, 6) is -0.957. The van der Waals surface area contributed by atoms with Crippen molar-refractivity contribution < 1.29 is 13.6 Å². The standard InChI is InChI=1S/C16H23F2N3O/c1-20(2)16(22)11-21-7-5-14(6-8-21)19-10-12-3-4-13(17)9-15(12)18/h3-4,9,14,19H,5-8,10-11H2,1-2H3. The van der Waals surface area contributed by atoms with Crippen molar-refractivity contribution in [3.8, 4) is 0 Å². The SMILES string of the molecule is CN(C)C(=O)CN1CCC(NCc2ccc(F)cc2F)CC1. The van der Waals surface area contributed by atoms with Gasteiger partial charge in [0.25, 0.3) is 0 Å². The van der Waals surface area contributed by atoms with Crippen molar-refractivity contribution in [3.05, 3.63) is 35.4 Å². The molecule has 1 aliphatic heterocycles. The maximum atomic E-state index is 13.6. The molecule has 4 nitrogen and oxygen atoms in total. The van der Waals surface area contributed by atoms with Crippen LogP contribution in [0.3, 0.4) is 0 Å². The fraction of sp³-hybridized carbons (Fsp3) is 0.562. The van der Waals surface area contributed by atoms with Crippen LogP contribution in [0.5, 0.6) is 0 Å². The van der Waals surface area contributed by atoms with Crippen molar-refractivity contribution in [2.75, 3.05) is 33.7 Å². The lowest BCUT2D eigenvalue weighted by molar-refractivity contribution is -0.130. The molecule has 1 aromatic rings. The molecular formula is C16H23F2N3O. The average Bonchev–Trinajstić information content (AvgIpc) is 2.47. The second-order valence-corrected chi connectivity index (χ2v) is 5.96. The summed E-state index contributed by atoms with van der Waals surface area (Å²) in [5, 5.41) is 3.31. The first kappa shape index (κ1) is 16.8. The minimum atomic E-state index is -0.555. The zero-order valence-electron chi connectivity index (χ0n) is 13.1. The average molecular weight is 311 g/mol. The molecule has 0 saturated carbocycles. The number of piperidine rings is 1. The fourth-order valence-electron chi connectivity index (χ4n) is 2.55. The molecule has 22 heavy (non-hydrogen) atoms. The first-order valence-electron chi connectivity index (χ1n) is 7.55. The van der Waals surface area contributed by atoms with Crippen LogP contribution < -0.4 is 5.32 Å². The van der Waals surface area contributed by atoms with Crippen LogP contribution in [0.25, 0.3) is 0 Å². The number of rotatable bonds is 5. The Kier molecular flexibility index (Phi) is 5.85. The van der Waals surface area contributed by atoms with Crippen LogP contribution in [0.1, 0.15) is 18.4 Å². The van der Waals surface area contributed by atoms with Gasteiger partial charge in [0.05, 0.1) is 6.54 Å². The number of nitrogens with zero attached hydrogens (tertiary/aromatic N) is 2. The normalized spacial score (nSPS) is 16.7. The second kappa shape index (κ2) is 7.65. The smallest absolute Gasteiger partial charge is 0.236 e. The van der Waals surface area contributed by atoms with E-state index in [9.17, 15) is 13.6 Å². The molecule has 1 aromatic carbocycles. The van der Waals surface area contributed by atoms with Gasteiger partial charge in [-0.2, -0.15) is 0 Å². The van der Waals surface area contributed by atoms with E-state index in [1.807, 2.05) is 0 Å². The Morgan fingerprint density at radius 3 is 2.59 bits per heavy atom. The van der Waals surface area contributed by atoms with Gasteiger partial charge < -0.3 is 10.2 Å². The van der Waals surface area contributed by atoms with E-state index < -0.39 is 11.6 Å². The van der Waals surface area contributed by atoms with Gasteiger partial charge in [0.15, 0.2) is 0 Å². The van der Waals surface area contributed by atoms with E-state index in [-0.39, 0.29) is 5.91 Å². The summed E-state index contributed by atoms with van der Waals surface area (Å²) in [6.07, 6.45) is 1.84. The van der Waals surface area contributed by atoms with Gasteiger partial charge in [-0.25, -0.2) is 8.78 Å². The first-order chi connectivity index (χ1) is 10.5. The van der Waals surface area contributed by atoms with Crippen LogP contribution in [0.2, 0.25) is 0 Å². The number of likely N-dealkylation sites (tertiary alicyclic amines) is 1. The molecule has 2 rings (SSSR count). The molecule has 0 aromatic heterocycles. The molecule has 0 aliphatic carbocycles. The molecule has 6 heteroatoms. The number of nitrogens with one attached hydrogen (secondary N) is 1. The van der Waals surface area contributed by atoms with E-state index >= 15 is 0 Å². The fourth-order valence-corrected chi connectivity index (χ4v) is 2.55. The highest BCUT2D eigenvalue weighted by Gasteiger charge is 2.21. The van der Waals surface area contributed by atoms with Gasteiger partial charge in [0.2, 0.25) is 5.91 Å². The minimum Gasteiger partial charge on any atom is -0.348 e. The van der Waals surface area contributed by atoms with Gasteiger partial charge in [-0.3, -0.25) is 9.69 Å². The van der Waals surface area contributed by atoms with Gasteiger partial charge in [-0.05, 0) is 18.9 Å². The van der Waals surface area contributed by atoms with Crippen molar-refractivity contribution in [2.45, 2.75) is 25.4 Å². The van der Waals surface area contributed by atoms with Crippen LogP contribution in [-0.4, -0.2) is 55.5 Å². The molecule has 0 unspecified atom stereocenters. The summed E-state index contributed by atoms with van der Waals surface area (Å²) >= 11 is 0. The Labute approximate surface area is 130 Å². The van der Waals surface area contributed by atoms with Crippen molar-refractivity contribution in [1.82, 2.24) is 15.1 Å². The molecule has 1 aliphatic rings. The van der Waals surface area contributed by atoms with Crippen LogP contribution in [0.4, 0.5) is 8.78 Å². The lowest BCUT2D eigenvalue weighted by Gasteiger charge is -2.32. The number of carbonyl (C=O) groups excluding carboxylic acids is 1. The number of amides is 1. The summed E-state index contributed by atoms with van der Waals surface area (Å²) in [4.78, 5) is 15.4. The zero-order chi connectivity index (χ0) is 16.1. The van der Waals surface area contributed by atoms with Crippen LogP contribution >= 0.6 is 0 Å². The maximum absolute atomic E-state index is 13.6. The second-order valence-electron chi connectivity index (χ2n) is 5.96. The molecule has 122 valence electrons. The summed E-state index contributed by atoms with van der Waals surface area (Å²) in [5.41, 5.74) is 0.478. The van der Waals surface area contributed by atoms with Gasteiger partial charge in [0, 0.05) is 51.4 Å². The third-order valence-corrected chi connectivity index (χ3v) is 4.04. The van der Waals surface area contributed by atoms with Crippen LogP contribution in [0, 0.1) is 11.6 Å². The molecule has 0 spiro atoms. The molecule has 1 amide bonds. The summed E-state index contributed by atoms with van der Waals surface area (Å²) in [7, 11) is 3.52. The highest BCUT2D eigenvalue weighted by molar-refractivity contribution is 5.77. The molecule has 0 bridgehead atoms. The lowest BCUT2D eigenvalue weighted by Crippen LogP contribution is -2.45. The minimum absolute atomic E-state index is 0.111. The predicted octanol–water partition coefficient (Wildman–Crippen LogP) is 1.61. The molecular weight excluding hydrogens is 288 g/mol. The first-order valence-corrected chi connectivity index (χ1v) is 7.55. The van der Waals surface area contributed by atoms with Gasteiger partial charge in [-0.1, -0.05) is 6.07 Å². The largest absolute Gasteiger partial charge is 0.348 e. The molecule has 1 fully saturated rings. The number of hydrogen-bond donors (Lipinski definition) is 1. The van der Waals surface area contributed by atoms with E-state index in [1.165, 1.54) is 12.1 Å². The van der Waals surface area contributed by atoms with Crippen molar-refractivity contribution >= 4 is 5.91 Å². The van der Waals surface area contributed by atoms with E-state index in [0.717, 1.165) is 32.0 Å². The van der Waals surface area contributed by atoms with Crippen LogP contribution in [-0.2, 0) is 11.3 Å². The Hall–Kier alpha value is -1.53.